The van der Waals surface area contributed by atoms with E-state index >= 15 is 0 Å². The molecule has 0 saturated carbocycles. The zero-order chi connectivity index (χ0) is 19.2. The van der Waals surface area contributed by atoms with Crippen LogP contribution in [-0.2, 0) is 0 Å². The Morgan fingerprint density at radius 3 is 2.35 bits per heavy atom. The van der Waals surface area contributed by atoms with Gasteiger partial charge in [0, 0.05) is 12.0 Å². The van der Waals surface area contributed by atoms with E-state index in [1.165, 1.54) is 13.2 Å². The van der Waals surface area contributed by atoms with Crippen LogP contribution in [0.15, 0.2) is 33.5 Å². The lowest BCUT2D eigenvalue weighted by Crippen LogP contribution is -2.44. The summed E-state index contributed by atoms with van der Waals surface area (Å²) in [5.41, 5.74) is -0.273. The first-order valence-corrected chi connectivity index (χ1v) is 8.03. The lowest BCUT2D eigenvalue weighted by atomic mass is 9.86. The molecule has 0 fully saturated rings. The molecule has 8 nitrogen and oxygen atoms in total. The largest absolute Gasteiger partial charge is 0.504 e. The van der Waals surface area contributed by atoms with Gasteiger partial charge in [0.1, 0.15) is 35.9 Å². The van der Waals surface area contributed by atoms with Crippen LogP contribution in [0.5, 0.6) is 11.5 Å². The standard InChI is InChI=1S/C18H20O8/c1-7(8-3-4-11(25-2)9(19)5-8)12-6-10(20)13-14(21)15(22)16(23)17(24)18(13)26-12/h3-7,14-17,19,21-24H,1-2H3. The van der Waals surface area contributed by atoms with Gasteiger partial charge in [-0.3, -0.25) is 4.79 Å². The molecule has 0 radical (unpaired) electrons. The van der Waals surface area contributed by atoms with Gasteiger partial charge in [-0.2, -0.15) is 0 Å². The van der Waals surface area contributed by atoms with Crippen LogP contribution >= 0.6 is 0 Å². The number of phenols is 1. The fourth-order valence-electron chi connectivity index (χ4n) is 3.10. The van der Waals surface area contributed by atoms with E-state index in [0.29, 0.717) is 11.3 Å². The summed E-state index contributed by atoms with van der Waals surface area (Å²) < 4.78 is 10.6. The molecular weight excluding hydrogens is 344 g/mol. The minimum Gasteiger partial charge on any atom is -0.504 e. The summed E-state index contributed by atoms with van der Waals surface area (Å²) in [6, 6.07) is 5.88. The predicted molar refractivity (Wildman–Crippen MR) is 89.1 cm³/mol. The van der Waals surface area contributed by atoms with Crippen molar-refractivity contribution in [3.8, 4) is 11.5 Å². The van der Waals surface area contributed by atoms with Crippen LogP contribution in [0.2, 0.25) is 0 Å². The molecule has 1 aliphatic rings. The Morgan fingerprint density at radius 2 is 1.73 bits per heavy atom. The Bertz CT molecular complexity index is 874. The van der Waals surface area contributed by atoms with E-state index in [0.717, 1.165) is 6.07 Å². The van der Waals surface area contributed by atoms with E-state index in [9.17, 15) is 30.3 Å². The van der Waals surface area contributed by atoms with Crippen LogP contribution in [0.25, 0.3) is 0 Å². The van der Waals surface area contributed by atoms with Crippen molar-refractivity contribution in [3.05, 3.63) is 57.1 Å². The second-order valence-corrected chi connectivity index (χ2v) is 6.31. The molecule has 1 aromatic carbocycles. The topological polar surface area (TPSA) is 141 Å². The number of fused-ring (bicyclic) bond motifs is 1. The van der Waals surface area contributed by atoms with Gasteiger partial charge in [-0.25, -0.2) is 0 Å². The van der Waals surface area contributed by atoms with Gasteiger partial charge < -0.3 is 34.7 Å². The summed E-state index contributed by atoms with van der Waals surface area (Å²) >= 11 is 0. The number of phenolic OH excluding ortho intramolecular Hbond substituents is 1. The van der Waals surface area contributed by atoms with Gasteiger partial charge in [-0.15, -0.1) is 0 Å². The fraction of sp³-hybridized carbons (Fsp3) is 0.389. The Balaban J connectivity index is 2.06. The molecule has 5 N–H and O–H groups in total. The van der Waals surface area contributed by atoms with E-state index in [-0.39, 0.29) is 22.8 Å². The third-order valence-electron chi connectivity index (χ3n) is 4.72. The molecule has 5 atom stereocenters. The summed E-state index contributed by atoms with van der Waals surface area (Å²) in [6.07, 6.45) is -6.68. The molecule has 5 unspecified atom stereocenters. The minimum atomic E-state index is -1.69. The average molecular weight is 364 g/mol. The van der Waals surface area contributed by atoms with E-state index < -0.39 is 35.8 Å². The Kier molecular flexibility index (Phi) is 4.76. The van der Waals surface area contributed by atoms with E-state index in [1.54, 1.807) is 19.1 Å². The van der Waals surface area contributed by atoms with Crippen LogP contribution in [0.1, 0.15) is 47.7 Å². The summed E-state index contributed by atoms with van der Waals surface area (Å²) in [7, 11) is 1.42. The van der Waals surface area contributed by atoms with Crippen molar-refractivity contribution in [1.82, 2.24) is 0 Å². The van der Waals surface area contributed by atoms with Crippen molar-refractivity contribution in [2.24, 2.45) is 0 Å². The fourth-order valence-corrected chi connectivity index (χ4v) is 3.10. The smallest absolute Gasteiger partial charge is 0.191 e. The number of rotatable bonds is 3. The monoisotopic (exact) mass is 364 g/mol. The molecule has 0 amide bonds. The SMILES string of the molecule is COc1ccc(C(C)c2cc(=O)c3c(o2)C(O)C(O)C(O)C3O)cc1O. The van der Waals surface area contributed by atoms with Gasteiger partial charge in [0.15, 0.2) is 16.9 Å². The third kappa shape index (κ3) is 2.86. The van der Waals surface area contributed by atoms with Crippen molar-refractivity contribution >= 4 is 0 Å². The summed E-state index contributed by atoms with van der Waals surface area (Å²) in [5.74, 6) is -0.358. The van der Waals surface area contributed by atoms with E-state index in [1.807, 2.05) is 0 Å². The summed E-state index contributed by atoms with van der Waals surface area (Å²) in [4.78, 5) is 12.4. The van der Waals surface area contributed by atoms with Crippen molar-refractivity contribution in [1.29, 1.82) is 0 Å². The zero-order valence-corrected chi connectivity index (χ0v) is 14.2. The Morgan fingerprint density at radius 1 is 1.08 bits per heavy atom. The lowest BCUT2D eigenvalue weighted by Gasteiger charge is -2.33. The van der Waals surface area contributed by atoms with Gasteiger partial charge in [0.25, 0.3) is 0 Å². The first-order valence-electron chi connectivity index (χ1n) is 8.03. The maximum Gasteiger partial charge on any atom is 0.191 e. The second-order valence-electron chi connectivity index (χ2n) is 6.31. The second kappa shape index (κ2) is 6.73. The molecule has 3 rings (SSSR count). The first kappa shape index (κ1) is 18.4. The molecule has 0 spiro atoms. The van der Waals surface area contributed by atoms with Gasteiger partial charge >= 0.3 is 0 Å². The molecular formula is C18H20O8. The minimum absolute atomic E-state index is 0.0776. The number of hydrogen-bond donors (Lipinski definition) is 5. The lowest BCUT2D eigenvalue weighted by molar-refractivity contribution is -0.128. The normalized spacial score (nSPS) is 26.2. The van der Waals surface area contributed by atoms with Crippen LogP contribution in [0, 0.1) is 0 Å². The molecule has 26 heavy (non-hydrogen) atoms. The van der Waals surface area contributed by atoms with Crippen molar-refractivity contribution < 1.29 is 34.7 Å². The van der Waals surface area contributed by atoms with Crippen molar-refractivity contribution in [2.75, 3.05) is 7.11 Å². The van der Waals surface area contributed by atoms with Crippen molar-refractivity contribution in [2.45, 2.75) is 37.3 Å². The highest BCUT2D eigenvalue weighted by atomic mass is 16.5. The highest BCUT2D eigenvalue weighted by Crippen LogP contribution is 2.38. The maximum absolute atomic E-state index is 12.4. The average Bonchev–Trinajstić information content (AvgIpc) is 2.63. The Labute approximate surface area is 148 Å². The summed E-state index contributed by atoms with van der Waals surface area (Å²) in [6.45, 7) is 1.73. The molecule has 0 bridgehead atoms. The molecule has 0 aliphatic heterocycles. The van der Waals surface area contributed by atoms with Gasteiger partial charge in [0.2, 0.25) is 0 Å². The highest BCUT2D eigenvalue weighted by Gasteiger charge is 2.43. The van der Waals surface area contributed by atoms with E-state index in [2.05, 4.69) is 0 Å². The molecule has 0 saturated heterocycles. The van der Waals surface area contributed by atoms with Gasteiger partial charge in [-0.1, -0.05) is 13.0 Å². The van der Waals surface area contributed by atoms with Crippen LogP contribution in [0.4, 0.5) is 0 Å². The number of benzene rings is 1. The number of aliphatic hydroxyl groups excluding tert-OH is 4. The number of aromatic hydroxyl groups is 1. The third-order valence-corrected chi connectivity index (χ3v) is 4.72. The number of aliphatic hydroxyl groups is 4. The molecule has 1 heterocycles. The quantitative estimate of drug-likeness (QED) is 0.524. The van der Waals surface area contributed by atoms with E-state index in [4.69, 9.17) is 9.15 Å². The molecule has 2 aromatic rings. The zero-order valence-electron chi connectivity index (χ0n) is 14.2. The van der Waals surface area contributed by atoms with Crippen LogP contribution in [0.3, 0.4) is 0 Å². The van der Waals surface area contributed by atoms with Crippen molar-refractivity contribution in [3.63, 3.8) is 0 Å². The molecule has 8 heteroatoms. The van der Waals surface area contributed by atoms with Crippen LogP contribution in [-0.4, -0.2) is 44.9 Å². The first-order chi connectivity index (χ1) is 12.3. The number of ether oxygens (including phenoxy) is 1. The molecule has 1 aromatic heterocycles. The molecule has 140 valence electrons. The van der Waals surface area contributed by atoms with Crippen LogP contribution < -0.4 is 10.2 Å². The number of hydrogen-bond acceptors (Lipinski definition) is 8. The molecule has 1 aliphatic carbocycles. The highest BCUT2D eigenvalue weighted by molar-refractivity contribution is 5.44. The number of methoxy groups -OCH3 is 1. The maximum atomic E-state index is 12.4. The Hall–Kier alpha value is -2.39. The predicted octanol–water partition coefficient (Wildman–Crippen LogP) is 0.308. The van der Waals surface area contributed by atoms with Gasteiger partial charge in [0.05, 0.1) is 12.7 Å². The summed E-state index contributed by atoms with van der Waals surface area (Å²) in [5, 5.41) is 49.6. The van der Waals surface area contributed by atoms with Gasteiger partial charge in [-0.05, 0) is 17.7 Å².